The maximum absolute atomic E-state index is 11.7. The Morgan fingerprint density at radius 1 is 1.23 bits per heavy atom. The van der Waals surface area contributed by atoms with Crippen molar-refractivity contribution < 1.29 is 13.6 Å². The lowest BCUT2D eigenvalue weighted by Gasteiger charge is -2.19. The fraction of sp³-hybridized carbons (Fsp3) is 1.00. The Balaban J connectivity index is 4.09. The number of hydrogen-bond donors (Lipinski definition) is 0. The summed E-state index contributed by atoms with van der Waals surface area (Å²) in [6.07, 6.45) is 0. The molecule has 0 saturated heterocycles. The van der Waals surface area contributed by atoms with Gasteiger partial charge in [0.1, 0.15) is 5.12 Å². The third kappa shape index (κ3) is 5.46. The Labute approximate surface area is 93.2 Å². The first-order valence-corrected chi connectivity index (χ1v) is 6.83. The molecule has 0 N–H and O–H groups in total. The van der Waals surface area contributed by atoms with Gasteiger partial charge in [-0.15, -0.1) is 34.8 Å². The van der Waals surface area contributed by atoms with Crippen molar-refractivity contribution in [3.05, 3.63) is 0 Å². The number of halogens is 3. The van der Waals surface area contributed by atoms with E-state index in [0.717, 1.165) is 0 Å². The van der Waals surface area contributed by atoms with Crippen LogP contribution < -0.4 is 0 Å². The maximum atomic E-state index is 11.7. The van der Waals surface area contributed by atoms with E-state index in [0.29, 0.717) is 0 Å². The monoisotopic (exact) mass is 268 g/mol. The van der Waals surface area contributed by atoms with Gasteiger partial charge < -0.3 is 9.05 Å². The summed E-state index contributed by atoms with van der Waals surface area (Å²) in [6.45, 7) is 1.85. The summed E-state index contributed by atoms with van der Waals surface area (Å²) >= 11 is 16.4. The summed E-state index contributed by atoms with van der Waals surface area (Å²) in [5.74, 6) is 0.496. The fourth-order valence-electron chi connectivity index (χ4n) is 0.566. The first-order chi connectivity index (χ1) is 6.06. The summed E-state index contributed by atoms with van der Waals surface area (Å²) in [4.78, 5) is 0. The van der Waals surface area contributed by atoms with Gasteiger partial charge in [-0.05, 0) is 6.92 Å². The van der Waals surface area contributed by atoms with E-state index in [2.05, 4.69) is 0 Å². The van der Waals surface area contributed by atoms with Crippen molar-refractivity contribution in [3.8, 4) is 0 Å². The minimum atomic E-state index is -3.23. The van der Waals surface area contributed by atoms with Gasteiger partial charge in [-0.2, -0.15) is 0 Å². The molecule has 0 heterocycles. The van der Waals surface area contributed by atoms with Crippen LogP contribution in [0.3, 0.4) is 0 Å². The lowest BCUT2D eigenvalue weighted by atomic mass is 10.9. The molecule has 0 rings (SSSR count). The molecular formula is C6H12Cl3O3P. The van der Waals surface area contributed by atoms with Crippen molar-refractivity contribution >= 4 is 42.4 Å². The SMILES string of the molecule is CC(Cl)P(=O)(OCCCl)OCCCl. The highest BCUT2D eigenvalue weighted by molar-refractivity contribution is 7.56. The van der Waals surface area contributed by atoms with E-state index in [1.54, 1.807) is 6.92 Å². The summed E-state index contributed by atoms with van der Waals surface area (Å²) < 4.78 is 21.6. The maximum Gasteiger partial charge on any atom is 0.348 e. The van der Waals surface area contributed by atoms with E-state index in [4.69, 9.17) is 43.9 Å². The average Bonchev–Trinajstić information content (AvgIpc) is 2.11. The van der Waals surface area contributed by atoms with Crippen LogP contribution in [0.4, 0.5) is 0 Å². The van der Waals surface area contributed by atoms with Gasteiger partial charge >= 0.3 is 7.60 Å². The van der Waals surface area contributed by atoms with Crippen molar-refractivity contribution in [2.24, 2.45) is 0 Å². The summed E-state index contributed by atoms with van der Waals surface area (Å²) in [5, 5.41) is -0.695. The Morgan fingerprint density at radius 2 is 1.62 bits per heavy atom. The highest BCUT2D eigenvalue weighted by Gasteiger charge is 2.30. The lowest BCUT2D eigenvalue weighted by Crippen LogP contribution is -2.07. The van der Waals surface area contributed by atoms with Crippen LogP contribution in [0, 0.1) is 0 Å². The van der Waals surface area contributed by atoms with Crippen LogP contribution in [0.2, 0.25) is 0 Å². The Bertz CT molecular complexity index is 165. The molecule has 0 saturated carbocycles. The Morgan fingerprint density at radius 3 is 1.85 bits per heavy atom. The molecule has 1 atom stereocenters. The third-order valence-electron chi connectivity index (χ3n) is 1.13. The minimum absolute atomic E-state index is 0.151. The number of hydrogen-bond acceptors (Lipinski definition) is 3. The van der Waals surface area contributed by atoms with Gasteiger partial charge in [-0.3, -0.25) is 4.57 Å². The summed E-state index contributed by atoms with van der Waals surface area (Å²) in [6, 6.07) is 0. The Kier molecular flexibility index (Phi) is 7.90. The molecule has 0 aliphatic carbocycles. The zero-order valence-corrected chi connectivity index (χ0v) is 10.4. The second-order valence-electron chi connectivity index (χ2n) is 2.16. The van der Waals surface area contributed by atoms with Crippen LogP contribution in [-0.2, 0) is 13.6 Å². The van der Waals surface area contributed by atoms with E-state index < -0.39 is 12.7 Å². The molecule has 3 nitrogen and oxygen atoms in total. The molecule has 0 amide bonds. The largest absolute Gasteiger partial charge is 0.348 e. The minimum Gasteiger partial charge on any atom is -0.306 e. The van der Waals surface area contributed by atoms with Gasteiger partial charge in [0.25, 0.3) is 0 Å². The molecule has 0 aliphatic heterocycles. The Hall–Kier alpha value is 1.02. The number of alkyl halides is 3. The third-order valence-corrected chi connectivity index (χ3v) is 4.11. The molecule has 80 valence electrons. The van der Waals surface area contributed by atoms with Gasteiger partial charge in [-0.25, -0.2) is 0 Å². The predicted molar refractivity (Wildman–Crippen MR) is 56.3 cm³/mol. The zero-order chi connectivity index (χ0) is 10.3. The van der Waals surface area contributed by atoms with Crippen molar-refractivity contribution in [2.45, 2.75) is 12.0 Å². The smallest absolute Gasteiger partial charge is 0.306 e. The molecule has 0 fully saturated rings. The van der Waals surface area contributed by atoms with Gasteiger partial charge in [0.15, 0.2) is 0 Å². The summed E-state index contributed by atoms with van der Waals surface area (Å²) in [7, 11) is -3.23. The van der Waals surface area contributed by atoms with Crippen LogP contribution in [0.15, 0.2) is 0 Å². The average molecular weight is 269 g/mol. The first kappa shape index (κ1) is 14.0. The van der Waals surface area contributed by atoms with E-state index >= 15 is 0 Å². The normalized spacial score (nSPS) is 14.5. The topological polar surface area (TPSA) is 35.5 Å². The van der Waals surface area contributed by atoms with Crippen LogP contribution in [-0.4, -0.2) is 30.1 Å². The lowest BCUT2D eigenvalue weighted by molar-refractivity contribution is 0.220. The molecule has 7 heteroatoms. The van der Waals surface area contributed by atoms with Crippen LogP contribution >= 0.6 is 42.4 Å². The van der Waals surface area contributed by atoms with E-state index in [-0.39, 0.29) is 25.0 Å². The summed E-state index contributed by atoms with van der Waals surface area (Å²) in [5.41, 5.74) is 0. The van der Waals surface area contributed by atoms with Crippen molar-refractivity contribution in [1.29, 1.82) is 0 Å². The molecule has 0 radical (unpaired) electrons. The van der Waals surface area contributed by atoms with E-state index in [1.165, 1.54) is 0 Å². The van der Waals surface area contributed by atoms with Crippen molar-refractivity contribution in [3.63, 3.8) is 0 Å². The molecule has 0 bridgehead atoms. The predicted octanol–water partition coefficient (Wildman–Crippen LogP) is 3.28. The standard InChI is InChI=1S/C6H12Cl3O3P/c1-6(9)13(10,11-4-2-7)12-5-3-8/h6H,2-5H2,1H3. The highest BCUT2D eigenvalue weighted by atomic mass is 35.5. The molecule has 13 heavy (non-hydrogen) atoms. The van der Waals surface area contributed by atoms with Gasteiger partial charge in [0.05, 0.1) is 13.2 Å². The van der Waals surface area contributed by atoms with Crippen molar-refractivity contribution in [1.82, 2.24) is 0 Å². The molecular weight excluding hydrogens is 257 g/mol. The van der Waals surface area contributed by atoms with Gasteiger partial charge in [-0.1, -0.05) is 0 Å². The molecule has 0 aromatic carbocycles. The zero-order valence-electron chi connectivity index (χ0n) is 7.21. The molecule has 0 aromatic rings. The van der Waals surface area contributed by atoms with Crippen LogP contribution in [0.1, 0.15) is 6.92 Å². The van der Waals surface area contributed by atoms with Crippen LogP contribution in [0.25, 0.3) is 0 Å². The van der Waals surface area contributed by atoms with Crippen molar-refractivity contribution in [2.75, 3.05) is 25.0 Å². The first-order valence-electron chi connectivity index (χ1n) is 3.71. The van der Waals surface area contributed by atoms with E-state index in [9.17, 15) is 4.57 Å². The van der Waals surface area contributed by atoms with Gasteiger partial charge in [0.2, 0.25) is 0 Å². The second kappa shape index (κ2) is 7.33. The van der Waals surface area contributed by atoms with E-state index in [1.807, 2.05) is 0 Å². The second-order valence-corrected chi connectivity index (χ2v) is 6.24. The molecule has 1 unspecified atom stereocenters. The number of rotatable bonds is 7. The highest BCUT2D eigenvalue weighted by Crippen LogP contribution is 2.54. The molecule has 0 aromatic heterocycles. The van der Waals surface area contributed by atoms with Crippen LogP contribution in [0.5, 0.6) is 0 Å². The molecule has 0 spiro atoms. The quantitative estimate of drug-likeness (QED) is 0.525. The fourth-order valence-corrected chi connectivity index (χ4v) is 2.45. The van der Waals surface area contributed by atoms with Gasteiger partial charge in [0, 0.05) is 11.8 Å². The molecule has 0 aliphatic rings.